The van der Waals surface area contributed by atoms with Gasteiger partial charge >= 0.3 is 0 Å². The lowest BCUT2D eigenvalue weighted by Crippen LogP contribution is -2.59. The second kappa shape index (κ2) is 25.6. The van der Waals surface area contributed by atoms with Crippen LogP contribution in [0.5, 0.6) is 0 Å². The Morgan fingerprint density at radius 2 is 1.51 bits per heavy atom. The van der Waals surface area contributed by atoms with Gasteiger partial charge in [-0.2, -0.15) is 11.8 Å². The number of benzene rings is 2. The third-order valence-corrected chi connectivity index (χ3v) is 17.5. The largest absolute Gasteiger partial charge is 0.391 e. The lowest BCUT2D eigenvalue weighted by molar-refractivity contribution is -0.142. The molecule has 4 aromatic rings. The number of aliphatic hydroxyl groups is 1. The molecule has 2 aromatic carbocycles. The molecule has 0 bridgehead atoms. The summed E-state index contributed by atoms with van der Waals surface area (Å²) >= 11 is 9.50. The molecule has 7 atom stereocenters. The van der Waals surface area contributed by atoms with Crippen LogP contribution in [-0.2, 0) is 19.2 Å². The van der Waals surface area contributed by atoms with Gasteiger partial charge in [-0.15, -0.1) is 11.3 Å². The lowest BCUT2D eigenvalue weighted by atomic mass is 9.96. The fraction of sp³-hybridized carbons (Fsp3) is 0.582. The van der Waals surface area contributed by atoms with Gasteiger partial charge in [-0.05, 0) is 99.9 Å². The molecule has 2 saturated heterocycles. The van der Waals surface area contributed by atoms with Crippen LogP contribution >= 0.6 is 34.7 Å². The Morgan fingerprint density at radius 1 is 0.847 bits per heavy atom. The second-order valence-electron chi connectivity index (χ2n) is 20.7. The summed E-state index contributed by atoms with van der Waals surface area (Å²) in [4.78, 5) is 75.3. The minimum Gasteiger partial charge on any atom is -0.391 e. The summed E-state index contributed by atoms with van der Waals surface area (Å²) in [6, 6.07) is 13.6. The molecule has 2 fully saturated rings. The number of likely N-dealkylation sites (tertiary alicyclic amines) is 1. The molecule has 17 heteroatoms. The predicted octanol–water partition coefficient (Wildman–Crippen LogP) is 8.78. The summed E-state index contributed by atoms with van der Waals surface area (Å²) < 4.78 is -0.669. The molecule has 7 rings (SSSR count). The van der Waals surface area contributed by atoms with Crippen molar-refractivity contribution in [3.8, 4) is 10.4 Å². The number of aryl methyl sites for hydroxylation is 1. The number of nitrogens with zero attached hydrogens (tertiary/aromatic N) is 6. The zero-order chi connectivity index (χ0) is 51.5. The SMILES string of the molecule is CC(=O)N[C@H](C(=O)N1C[C@H](O)C[C@H]1C(=O)N[C@@H](C)c1ccc(-c2scnc2C)cc1)C(C)(C)SCCCCCCCCCNC[C@@H](C(=O)N1CCN(c2ncnc3c2[C@H](C)C[C@H]3C)CC1)c1ccc(Cl)cc1. The molecule has 0 unspecified atom stereocenters. The lowest BCUT2D eigenvalue weighted by Gasteiger charge is -2.38. The molecule has 0 spiro atoms. The van der Waals surface area contributed by atoms with Crippen molar-refractivity contribution in [1.29, 1.82) is 0 Å². The van der Waals surface area contributed by atoms with Crippen LogP contribution in [0.15, 0.2) is 60.4 Å². The number of thioether (sulfide) groups is 1. The van der Waals surface area contributed by atoms with Gasteiger partial charge in [0.05, 0.1) is 39.8 Å². The number of β-amino-alcohol motifs (C(OH)–C–C–N with tert-alkyl or cyclic N) is 1. The first kappa shape index (κ1) is 55.1. The van der Waals surface area contributed by atoms with Crippen LogP contribution in [0.1, 0.15) is 151 Å². The normalized spacial score (nSPS) is 20.3. The summed E-state index contributed by atoms with van der Waals surface area (Å²) in [6.45, 7) is 18.0. The molecule has 4 N–H and O–H groups in total. The van der Waals surface area contributed by atoms with Gasteiger partial charge in [-0.3, -0.25) is 19.2 Å². The van der Waals surface area contributed by atoms with E-state index in [1.165, 1.54) is 23.1 Å². The molecule has 72 heavy (non-hydrogen) atoms. The Hall–Kier alpha value is -4.61. The van der Waals surface area contributed by atoms with Crippen molar-refractivity contribution in [2.24, 2.45) is 0 Å². The van der Waals surface area contributed by atoms with E-state index in [9.17, 15) is 24.3 Å². The minimum atomic E-state index is -0.880. The number of carbonyl (C=O) groups is 4. The van der Waals surface area contributed by atoms with Crippen molar-refractivity contribution in [2.45, 2.75) is 153 Å². The highest BCUT2D eigenvalue weighted by Crippen LogP contribution is 2.44. The number of amides is 4. The monoisotopic (exact) mass is 1040 g/mol. The maximum absolute atomic E-state index is 14.3. The van der Waals surface area contributed by atoms with E-state index in [2.05, 4.69) is 44.7 Å². The highest BCUT2D eigenvalue weighted by Gasteiger charge is 2.46. The first-order chi connectivity index (χ1) is 34.5. The van der Waals surface area contributed by atoms with E-state index in [0.717, 1.165) is 110 Å². The van der Waals surface area contributed by atoms with Gasteiger partial charge < -0.3 is 35.8 Å². The third kappa shape index (κ3) is 14.0. The van der Waals surface area contributed by atoms with E-state index >= 15 is 0 Å². The van der Waals surface area contributed by atoms with Crippen LogP contribution in [-0.4, -0.2) is 128 Å². The number of halogens is 1. The first-order valence-corrected chi connectivity index (χ1v) is 28.3. The van der Waals surface area contributed by atoms with E-state index < -0.39 is 22.9 Å². The van der Waals surface area contributed by atoms with E-state index in [1.807, 2.05) is 86.6 Å². The molecule has 14 nitrogen and oxygen atoms in total. The predicted molar refractivity (Wildman–Crippen MR) is 291 cm³/mol. The number of hydrogen-bond donors (Lipinski definition) is 4. The number of unbranched alkanes of at least 4 members (excludes halogenated alkanes) is 6. The summed E-state index contributed by atoms with van der Waals surface area (Å²) in [5, 5.41) is 21.0. The number of hydrogen-bond acceptors (Lipinski definition) is 12. The highest BCUT2D eigenvalue weighted by molar-refractivity contribution is 8.00. The molecule has 4 heterocycles. The standard InChI is InChI=1S/C55H76ClN9O5S2/c1-35-29-36(2)48-47(35)51(59-33-58-48)63-24-26-64(27-25-63)53(69)45(41-19-21-43(56)22-20-41)31-57-23-13-11-9-8-10-12-14-28-72-55(6,7)50(62-39(5)66)54(70)65-32-44(67)30-46(65)52(68)61-37(3)40-15-17-42(18-16-40)49-38(4)60-34-71-49/h15-22,33-37,44-46,50,57,67H,8-14,23-32H2,1-7H3,(H,61,68)(H,62,66)/t35-,36-,37+,44-,45-,46+,50-/m1/s1. The number of aliphatic hydroxyl groups excluding tert-OH is 1. The fourth-order valence-corrected chi connectivity index (χ4v) is 12.8. The van der Waals surface area contributed by atoms with Gasteiger partial charge in [0.1, 0.15) is 24.2 Å². The number of piperazine rings is 1. The van der Waals surface area contributed by atoms with Crippen molar-refractivity contribution in [3.05, 3.63) is 93.5 Å². The number of rotatable bonds is 23. The molecular formula is C55H76ClN9O5S2. The molecule has 3 aliphatic rings. The van der Waals surface area contributed by atoms with Gasteiger partial charge in [-0.25, -0.2) is 15.0 Å². The van der Waals surface area contributed by atoms with Gasteiger partial charge in [0.2, 0.25) is 23.6 Å². The van der Waals surface area contributed by atoms with Gasteiger partial charge in [0.25, 0.3) is 0 Å². The Kier molecular flexibility index (Phi) is 19.6. The summed E-state index contributed by atoms with van der Waals surface area (Å²) in [6.07, 6.45) is 9.61. The average molecular weight is 1040 g/mol. The van der Waals surface area contributed by atoms with Crippen LogP contribution < -0.4 is 20.9 Å². The molecule has 390 valence electrons. The van der Waals surface area contributed by atoms with Crippen molar-refractivity contribution < 1.29 is 24.3 Å². The van der Waals surface area contributed by atoms with Gasteiger partial charge in [0.15, 0.2) is 0 Å². The maximum atomic E-state index is 14.3. The Labute approximate surface area is 440 Å². The number of anilines is 1. The molecular weight excluding hydrogens is 966 g/mol. The van der Waals surface area contributed by atoms with Crippen LogP contribution in [0.2, 0.25) is 5.02 Å². The van der Waals surface area contributed by atoms with E-state index in [1.54, 1.807) is 29.4 Å². The van der Waals surface area contributed by atoms with Crippen LogP contribution in [0, 0.1) is 6.92 Å². The minimum absolute atomic E-state index is 0.0234. The number of thiazole rings is 1. The van der Waals surface area contributed by atoms with Crippen molar-refractivity contribution in [1.82, 2.24) is 40.7 Å². The average Bonchev–Trinajstić information content (AvgIpc) is 4.07. The van der Waals surface area contributed by atoms with E-state index in [-0.39, 0.29) is 48.6 Å². The number of carbonyl (C=O) groups excluding carboxylic acids is 4. The molecule has 2 aliphatic heterocycles. The molecule has 2 aromatic heterocycles. The van der Waals surface area contributed by atoms with Crippen molar-refractivity contribution in [3.63, 3.8) is 0 Å². The van der Waals surface area contributed by atoms with E-state index in [4.69, 9.17) is 16.6 Å². The zero-order valence-corrected chi connectivity index (χ0v) is 45.7. The second-order valence-corrected chi connectivity index (χ2v) is 23.8. The number of aromatic nitrogens is 3. The van der Waals surface area contributed by atoms with Crippen LogP contribution in [0.3, 0.4) is 0 Å². The number of fused-ring (bicyclic) bond motifs is 1. The summed E-state index contributed by atoms with van der Waals surface area (Å²) in [7, 11) is 0. The quantitative estimate of drug-likeness (QED) is 0.0524. The van der Waals surface area contributed by atoms with Crippen molar-refractivity contribution >= 4 is 64.1 Å². The highest BCUT2D eigenvalue weighted by atomic mass is 35.5. The molecule has 0 saturated carbocycles. The molecule has 1 aliphatic carbocycles. The fourth-order valence-electron chi connectivity index (χ4n) is 10.7. The zero-order valence-electron chi connectivity index (χ0n) is 43.3. The molecule has 4 amide bonds. The Bertz CT molecular complexity index is 2450. The maximum Gasteiger partial charge on any atom is 0.247 e. The summed E-state index contributed by atoms with van der Waals surface area (Å²) in [5.41, 5.74) is 8.21. The smallest absolute Gasteiger partial charge is 0.247 e. The number of nitrogens with one attached hydrogen (secondary N) is 3. The molecule has 0 radical (unpaired) electrons. The van der Waals surface area contributed by atoms with Crippen molar-refractivity contribution in [2.75, 3.05) is 56.5 Å². The summed E-state index contributed by atoms with van der Waals surface area (Å²) in [5.74, 6) is 1.55. The Balaban J connectivity index is 0.805. The first-order valence-electron chi connectivity index (χ1n) is 26.1. The topological polar surface area (TPSA) is 173 Å². The van der Waals surface area contributed by atoms with E-state index in [0.29, 0.717) is 36.5 Å². The van der Waals surface area contributed by atoms with Crippen LogP contribution in [0.25, 0.3) is 10.4 Å². The van der Waals surface area contributed by atoms with Crippen LogP contribution in [0.4, 0.5) is 5.82 Å². The third-order valence-electron chi connectivity index (χ3n) is 14.8. The van der Waals surface area contributed by atoms with Gasteiger partial charge in [0, 0.05) is 67.9 Å². The van der Waals surface area contributed by atoms with Gasteiger partial charge in [-0.1, -0.05) is 94.0 Å². The Morgan fingerprint density at radius 3 is 2.18 bits per heavy atom.